The van der Waals surface area contributed by atoms with Crippen molar-refractivity contribution >= 4 is 5.97 Å². The van der Waals surface area contributed by atoms with Gasteiger partial charge in [-0.05, 0) is 27.2 Å². The SMILES string of the molecule is COC(=O)C(CCOC(C)(C)C)NC(C)C. The van der Waals surface area contributed by atoms with E-state index in [0.717, 1.165) is 0 Å². The van der Waals surface area contributed by atoms with Gasteiger partial charge >= 0.3 is 5.97 Å². The first-order valence-corrected chi connectivity index (χ1v) is 5.74. The number of carbonyl (C=O) groups is 1. The summed E-state index contributed by atoms with van der Waals surface area (Å²) in [5.41, 5.74) is -0.168. The van der Waals surface area contributed by atoms with Crippen molar-refractivity contribution in [2.45, 2.75) is 58.7 Å². The van der Waals surface area contributed by atoms with Crippen LogP contribution in [-0.4, -0.2) is 37.4 Å². The molecule has 0 radical (unpaired) electrons. The lowest BCUT2D eigenvalue weighted by Gasteiger charge is -2.23. The second-order valence-electron chi connectivity index (χ2n) is 5.15. The fourth-order valence-corrected chi connectivity index (χ4v) is 1.30. The second kappa shape index (κ2) is 6.86. The van der Waals surface area contributed by atoms with Gasteiger partial charge < -0.3 is 14.8 Å². The van der Waals surface area contributed by atoms with Crippen molar-refractivity contribution in [1.29, 1.82) is 0 Å². The Hall–Kier alpha value is -0.610. The van der Waals surface area contributed by atoms with Crippen LogP contribution in [-0.2, 0) is 14.3 Å². The zero-order valence-corrected chi connectivity index (χ0v) is 11.3. The first kappa shape index (κ1) is 15.4. The highest BCUT2D eigenvalue weighted by atomic mass is 16.5. The van der Waals surface area contributed by atoms with Crippen LogP contribution >= 0.6 is 0 Å². The van der Waals surface area contributed by atoms with E-state index in [0.29, 0.717) is 13.0 Å². The molecule has 0 spiro atoms. The van der Waals surface area contributed by atoms with Gasteiger partial charge in [-0.2, -0.15) is 0 Å². The van der Waals surface area contributed by atoms with E-state index in [9.17, 15) is 4.79 Å². The Kier molecular flexibility index (Phi) is 6.60. The molecule has 0 aliphatic heterocycles. The van der Waals surface area contributed by atoms with Crippen LogP contribution in [0.4, 0.5) is 0 Å². The van der Waals surface area contributed by atoms with Crippen LogP contribution in [0.15, 0.2) is 0 Å². The highest BCUT2D eigenvalue weighted by Gasteiger charge is 2.20. The molecule has 0 amide bonds. The van der Waals surface area contributed by atoms with Crippen molar-refractivity contribution in [1.82, 2.24) is 5.32 Å². The molecule has 4 nitrogen and oxygen atoms in total. The molecule has 96 valence electrons. The van der Waals surface area contributed by atoms with E-state index in [-0.39, 0.29) is 23.7 Å². The largest absolute Gasteiger partial charge is 0.468 e. The topological polar surface area (TPSA) is 47.6 Å². The number of hydrogen-bond acceptors (Lipinski definition) is 4. The van der Waals surface area contributed by atoms with Gasteiger partial charge in [0.05, 0.1) is 12.7 Å². The smallest absolute Gasteiger partial charge is 0.322 e. The van der Waals surface area contributed by atoms with Crippen LogP contribution < -0.4 is 5.32 Å². The van der Waals surface area contributed by atoms with Gasteiger partial charge in [0.15, 0.2) is 0 Å². The van der Waals surface area contributed by atoms with E-state index in [1.165, 1.54) is 7.11 Å². The van der Waals surface area contributed by atoms with Gasteiger partial charge in [0.1, 0.15) is 6.04 Å². The predicted octanol–water partition coefficient (Wildman–Crippen LogP) is 1.73. The monoisotopic (exact) mass is 231 g/mol. The molecule has 0 rings (SSSR count). The number of hydrogen-bond donors (Lipinski definition) is 1. The molecule has 0 saturated heterocycles. The first-order valence-electron chi connectivity index (χ1n) is 5.74. The van der Waals surface area contributed by atoms with Crippen molar-refractivity contribution in [2.75, 3.05) is 13.7 Å². The van der Waals surface area contributed by atoms with Gasteiger partial charge in [-0.3, -0.25) is 4.79 Å². The van der Waals surface area contributed by atoms with Crippen molar-refractivity contribution < 1.29 is 14.3 Å². The van der Waals surface area contributed by atoms with Crippen LogP contribution in [0, 0.1) is 0 Å². The lowest BCUT2D eigenvalue weighted by Crippen LogP contribution is -2.42. The van der Waals surface area contributed by atoms with E-state index in [2.05, 4.69) is 5.32 Å². The normalized spacial score (nSPS) is 13.9. The number of carbonyl (C=O) groups excluding carboxylic acids is 1. The zero-order chi connectivity index (χ0) is 12.8. The highest BCUT2D eigenvalue weighted by molar-refractivity contribution is 5.75. The van der Waals surface area contributed by atoms with Crippen LogP contribution in [0.2, 0.25) is 0 Å². The summed E-state index contributed by atoms with van der Waals surface area (Å²) in [6, 6.07) is -0.0360. The Morgan fingerprint density at radius 1 is 1.31 bits per heavy atom. The maximum atomic E-state index is 11.5. The van der Waals surface area contributed by atoms with Crippen LogP contribution in [0.5, 0.6) is 0 Å². The minimum atomic E-state index is -0.285. The van der Waals surface area contributed by atoms with Crippen LogP contribution in [0.1, 0.15) is 41.0 Å². The summed E-state index contributed by atoms with van der Waals surface area (Å²) in [4.78, 5) is 11.5. The lowest BCUT2D eigenvalue weighted by molar-refractivity contribution is -0.144. The minimum absolute atomic E-state index is 0.168. The average molecular weight is 231 g/mol. The lowest BCUT2D eigenvalue weighted by atomic mass is 10.1. The Bertz CT molecular complexity index is 209. The molecule has 0 bridgehead atoms. The summed E-state index contributed by atoms with van der Waals surface area (Å²) < 4.78 is 10.3. The number of esters is 1. The third kappa shape index (κ3) is 7.65. The van der Waals surface area contributed by atoms with Crippen LogP contribution in [0.3, 0.4) is 0 Å². The minimum Gasteiger partial charge on any atom is -0.468 e. The van der Waals surface area contributed by atoms with Gasteiger partial charge in [0.25, 0.3) is 0 Å². The van der Waals surface area contributed by atoms with Crippen molar-refractivity contribution in [3.63, 3.8) is 0 Å². The van der Waals surface area contributed by atoms with Crippen molar-refractivity contribution in [3.8, 4) is 0 Å². The molecule has 0 aromatic rings. The molecular formula is C12H25NO3. The maximum Gasteiger partial charge on any atom is 0.322 e. The summed E-state index contributed by atoms with van der Waals surface area (Å²) in [6.07, 6.45) is 0.627. The van der Waals surface area contributed by atoms with E-state index >= 15 is 0 Å². The number of ether oxygens (including phenoxy) is 2. The Morgan fingerprint density at radius 3 is 2.25 bits per heavy atom. The van der Waals surface area contributed by atoms with Gasteiger partial charge in [-0.1, -0.05) is 13.8 Å². The van der Waals surface area contributed by atoms with Gasteiger partial charge in [-0.15, -0.1) is 0 Å². The average Bonchev–Trinajstić information content (AvgIpc) is 2.12. The fraction of sp³-hybridized carbons (Fsp3) is 0.917. The van der Waals surface area contributed by atoms with Crippen molar-refractivity contribution in [3.05, 3.63) is 0 Å². The Balaban J connectivity index is 4.07. The third-order valence-corrected chi connectivity index (χ3v) is 1.96. The summed E-state index contributed by atoms with van der Waals surface area (Å²) in [7, 11) is 1.40. The zero-order valence-electron chi connectivity index (χ0n) is 11.3. The molecule has 0 saturated carbocycles. The number of methoxy groups -OCH3 is 1. The van der Waals surface area contributed by atoms with Crippen LogP contribution in [0.25, 0.3) is 0 Å². The molecule has 1 unspecified atom stereocenters. The quantitative estimate of drug-likeness (QED) is 0.707. The molecule has 0 aliphatic rings. The maximum absolute atomic E-state index is 11.5. The summed E-state index contributed by atoms with van der Waals surface area (Å²) in [5, 5.41) is 3.16. The van der Waals surface area contributed by atoms with E-state index < -0.39 is 0 Å². The van der Waals surface area contributed by atoms with Gasteiger partial charge in [0.2, 0.25) is 0 Å². The van der Waals surface area contributed by atoms with E-state index in [1.807, 2.05) is 34.6 Å². The molecule has 0 heterocycles. The summed E-state index contributed by atoms with van der Waals surface area (Å²) in [5.74, 6) is -0.230. The van der Waals surface area contributed by atoms with E-state index in [1.54, 1.807) is 0 Å². The van der Waals surface area contributed by atoms with Gasteiger partial charge in [-0.25, -0.2) is 0 Å². The number of nitrogens with one attached hydrogen (secondary N) is 1. The first-order chi connectivity index (χ1) is 7.26. The molecule has 1 N–H and O–H groups in total. The second-order valence-corrected chi connectivity index (χ2v) is 5.15. The van der Waals surface area contributed by atoms with Gasteiger partial charge in [0, 0.05) is 12.6 Å². The molecule has 1 atom stereocenters. The molecule has 0 aliphatic carbocycles. The molecule has 0 fully saturated rings. The standard InChI is InChI=1S/C12H25NO3/c1-9(2)13-10(11(14)15-6)7-8-16-12(3,4)5/h9-10,13H,7-8H2,1-6H3. The Morgan fingerprint density at radius 2 is 1.88 bits per heavy atom. The molecule has 0 aromatic carbocycles. The summed E-state index contributed by atoms with van der Waals surface area (Å²) >= 11 is 0. The number of rotatable bonds is 6. The summed E-state index contributed by atoms with van der Waals surface area (Å²) in [6.45, 7) is 10.5. The molecule has 4 heteroatoms. The third-order valence-electron chi connectivity index (χ3n) is 1.96. The molecular weight excluding hydrogens is 206 g/mol. The predicted molar refractivity (Wildman–Crippen MR) is 64.4 cm³/mol. The fourth-order valence-electron chi connectivity index (χ4n) is 1.30. The van der Waals surface area contributed by atoms with Crippen molar-refractivity contribution in [2.24, 2.45) is 0 Å². The molecule has 16 heavy (non-hydrogen) atoms. The molecule has 0 aromatic heterocycles. The Labute approximate surface area is 98.7 Å². The highest BCUT2D eigenvalue weighted by Crippen LogP contribution is 2.08. The van der Waals surface area contributed by atoms with E-state index in [4.69, 9.17) is 9.47 Å².